The third-order valence-electron chi connectivity index (χ3n) is 2.21. The van der Waals surface area contributed by atoms with Gasteiger partial charge in [-0.1, -0.05) is 19.1 Å². The van der Waals surface area contributed by atoms with E-state index in [9.17, 15) is 17.6 Å². The van der Waals surface area contributed by atoms with Crippen molar-refractivity contribution in [2.45, 2.75) is 19.0 Å². The Balaban J connectivity index is 3.14. The molecule has 16 heavy (non-hydrogen) atoms. The average molecular weight is 237 g/mol. The standard InChI is InChI=1S/C10H11F4NO/c1-6(5-16-15)7-3-2-4-8(9(7)11)10(12,13)14/h2-4,6H,5,15H2,1H3. The molecule has 2 nitrogen and oxygen atoms in total. The normalized spacial score (nSPS) is 13.9. The Morgan fingerprint density at radius 3 is 2.50 bits per heavy atom. The van der Waals surface area contributed by atoms with E-state index in [0.717, 1.165) is 6.07 Å². The van der Waals surface area contributed by atoms with E-state index in [1.807, 2.05) is 0 Å². The van der Waals surface area contributed by atoms with Crippen molar-refractivity contribution in [2.75, 3.05) is 6.61 Å². The van der Waals surface area contributed by atoms with Crippen LogP contribution in [0.1, 0.15) is 24.0 Å². The molecule has 2 N–H and O–H groups in total. The van der Waals surface area contributed by atoms with E-state index in [1.54, 1.807) is 0 Å². The summed E-state index contributed by atoms with van der Waals surface area (Å²) in [6.07, 6.45) is -4.69. The quantitative estimate of drug-likeness (QED) is 0.648. The first kappa shape index (κ1) is 12.9. The molecule has 1 rings (SSSR count). The molecule has 0 saturated carbocycles. The van der Waals surface area contributed by atoms with Gasteiger partial charge in [-0.3, -0.25) is 0 Å². The average Bonchev–Trinajstić information content (AvgIpc) is 2.16. The maximum atomic E-state index is 13.5. The van der Waals surface area contributed by atoms with Crippen LogP contribution in [0.3, 0.4) is 0 Å². The molecule has 1 aromatic rings. The zero-order chi connectivity index (χ0) is 12.3. The van der Waals surface area contributed by atoms with Crippen LogP contribution >= 0.6 is 0 Å². The van der Waals surface area contributed by atoms with Crippen molar-refractivity contribution in [3.63, 3.8) is 0 Å². The molecule has 90 valence electrons. The van der Waals surface area contributed by atoms with Gasteiger partial charge in [0.25, 0.3) is 0 Å². The van der Waals surface area contributed by atoms with Gasteiger partial charge in [0.05, 0.1) is 12.2 Å². The summed E-state index contributed by atoms with van der Waals surface area (Å²) < 4.78 is 50.7. The molecule has 0 heterocycles. The van der Waals surface area contributed by atoms with Gasteiger partial charge in [-0.15, -0.1) is 0 Å². The Morgan fingerprint density at radius 1 is 1.38 bits per heavy atom. The fraction of sp³-hybridized carbons (Fsp3) is 0.400. The first-order valence-corrected chi connectivity index (χ1v) is 4.55. The van der Waals surface area contributed by atoms with Crippen LogP contribution in [0.2, 0.25) is 0 Å². The molecule has 0 saturated heterocycles. The lowest BCUT2D eigenvalue weighted by molar-refractivity contribution is -0.140. The van der Waals surface area contributed by atoms with E-state index in [4.69, 9.17) is 5.90 Å². The van der Waals surface area contributed by atoms with Gasteiger partial charge in [-0.25, -0.2) is 10.3 Å². The van der Waals surface area contributed by atoms with Crippen LogP contribution in [-0.4, -0.2) is 6.61 Å². The van der Waals surface area contributed by atoms with E-state index in [-0.39, 0.29) is 12.2 Å². The van der Waals surface area contributed by atoms with Crippen LogP contribution < -0.4 is 5.90 Å². The lowest BCUT2D eigenvalue weighted by Gasteiger charge is -2.15. The minimum Gasteiger partial charge on any atom is -0.304 e. The predicted molar refractivity (Wildman–Crippen MR) is 50.0 cm³/mol. The molecule has 0 fully saturated rings. The van der Waals surface area contributed by atoms with Crippen molar-refractivity contribution < 1.29 is 22.4 Å². The van der Waals surface area contributed by atoms with Crippen molar-refractivity contribution in [1.82, 2.24) is 0 Å². The first-order valence-electron chi connectivity index (χ1n) is 4.55. The maximum absolute atomic E-state index is 13.5. The largest absolute Gasteiger partial charge is 0.419 e. The van der Waals surface area contributed by atoms with E-state index in [0.29, 0.717) is 6.07 Å². The summed E-state index contributed by atoms with van der Waals surface area (Å²) in [4.78, 5) is 4.29. The highest BCUT2D eigenvalue weighted by atomic mass is 19.4. The number of alkyl halides is 3. The van der Waals surface area contributed by atoms with Crippen molar-refractivity contribution in [3.05, 3.63) is 35.1 Å². The molecule has 6 heteroatoms. The summed E-state index contributed by atoms with van der Waals surface area (Å²) in [7, 11) is 0. The third kappa shape index (κ3) is 2.70. The third-order valence-corrected chi connectivity index (χ3v) is 2.21. The van der Waals surface area contributed by atoms with Gasteiger partial charge in [0.2, 0.25) is 0 Å². The summed E-state index contributed by atoms with van der Waals surface area (Å²) in [6.45, 7) is 1.49. The fourth-order valence-corrected chi connectivity index (χ4v) is 1.38. The Labute approximate surface area is 90.0 Å². The van der Waals surface area contributed by atoms with Crippen LogP contribution in [0.15, 0.2) is 18.2 Å². The molecule has 0 aromatic heterocycles. The molecule has 1 atom stereocenters. The van der Waals surface area contributed by atoms with E-state index < -0.39 is 23.5 Å². The highest BCUT2D eigenvalue weighted by Crippen LogP contribution is 2.34. The molecule has 0 amide bonds. The minimum atomic E-state index is -4.69. The Bertz CT molecular complexity index is 364. The lowest BCUT2D eigenvalue weighted by Crippen LogP contribution is -2.14. The van der Waals surface area contributed by atoms with Gasteiger partial charge in [0, 0.05) is 5.92 Å². The Morgan fingerprint density at radius 2 is 2.00 bits per heavy atom. The highest BCUT2D eigenvalue weighted by molar-refractivity contribution is 5.30. The van der Waals surface area contributed by atoms with E-state index in [1.165, 1.54) is 13.0 Å². The Kier molecular flexibility index (Phi) is 3.88. The van der Waals surface area contributed by atoms with Gasteiger partial charge >= 0.3 is 6.18 Å². The van der Waals surface area contributed by atoms with Crippen LogP contribution in [0.25, 0.3) is 0 Å². The lowest BCUT2D eigenvalue weighted by atomic mass is 9.98. The Hall–Kier alpha value is -1.14. The number of benzene rings is 1. The molecule has 1 unspecified atom stereocenters. The van der Waals surface area contributed by atoms with Gasteiger partial charge in [-0.2, -0.15) is 13.2 Å². The number of hydrogen-bond acceptors (Lipinski definition) is 2. The maximum Gasteiger partial charge on any atom is 0.419 e. The molecule has 0 aliphatic carbocycles. The molecule has 0 aliphatic rings. The SMILES string of the molecule is CC(CON)c1cccc(C(F)(F)F)c1F. The zero-order valence-corrected chi connectivity index (χ0v) is 8.51. The second-order valence-electron chi connectivity index (χ2n) is 3.44. The zero-order valence-electron chi connectivity index (χ0n) is 8.51. The number of rotatable bonds is 3. The minimum absolute atomic E-state index is 0.0434. The number of hydrogen-bond donors (Lipinski definition) is 1. The van der Waals surface area contributed by atoms with Gasteiger partial charge in [-0.05, 0) is 11.6 Å². The van der Waals surface area contributed by atoms with Crippen LogP contribution in [-0.2, 0) is 11.0 Å². The second-order valence-corrected chi connectivity index (χ2v) is 3.44. The highest BCUT2D eigenvalue weighted by Gasteiger charge is 2.35. The summed E-state index contributed by atoms with van der Waals surface area (Å²) in [5, 5.41) is 0. The van der Waals surface area contributed by atoms with Crippen molar-refractivity contribution >= 4 is 0 Å². The fourth-order valence-electron chi connectivity index (χ4n) is 1.38. The van der Waals surface area contributed by atoms with Crippen LogP contribution in [0.5, 0.6) is 0 Å². The summed E-state index contributed by atoms with van der Waals surface area (Å²) in [6, 6.07) is 3.15. The van der Waals surface area contributed by atoms with Crippen molar-refractivity contribution in [2.24, 2.45) is 5.90 Å². The molecule has 0 radical (unpaired) electrons. The number of halogens is 4. The summed E-state index contributed by atoms with van der Waals surface area (Å²) >= 11 is 0. The summed E-state index contributed by atoms with van der Waals surface area (Å²) in [5.74, 6) is 3.00. The van der Waals surface area contributed by atoms with Gasteiger partial charge in [0.1, 0.15) is 5.82 Å². The number of nitrogens with two attached hydrogens (primary N) is 1. The van der Waals surface area contributed by atoms with Crippen molar-refractivity contribution in [3.8, 4) is 0 Å². The van der Waals surface area contributed by atoms with Crippen molar-refractivity contribution in [1.29, 1.82) is 0 Å². The molecule has 1 aromatic carbocycles. The van der Waals surface area contributed by atoms with Gasteiger partial charge < -0.3 is 4.84 Å². The molecular formula is C10H11F4NO. The van der Waals surface area contributed by atoms with E-state index >= 15 is 0 Å². The van der Waals surface area contributed by atoms with Crippen LogP contribution in [0.4, 0.5) is 17.6 Å². The van der Waals surface area contributed by atoms with Crippen LogP contribution in [0, 0.1) is 5.82 Å². The molecular weight excluding hydrogens is 226 g/mol. The topological polar surface area (TPSA) is 35.2 Å². The van der Waals surface area contributed by atoms with E-state index in [2.05, 4.69) is 4.84 Å². The second kappa shape index (κ2) is 4.80. The monoisotopic (exact) mass is 237 g/mol. The molecule has 0 aliphatic heterocycles. The molecule has 0 spiro atoms. The van der Waals surface area contributed by atoms with Gasteiger partial charge in [0.15, 0.2) is 0 Å². The first-order chi connectivity index (χ1) is 7.38. The smallest absolute Gasteiger partial charge is 0.304 e. The predicted octanol–water partition coefficient (Wildman–Crippen LogP) is 2.84. The molecule has 0 bridgehead atoms. The summed E-state index contributed by atoms with van der Waals surface area (Å²) in [5.41, 5.74) is -1.32.